The van der Waals surface area contributed by atoms with Crippen LogP contribution in [0.2, 0.25) is 0 Å². The van der Waals surface area contributed by atoms with Crippen molar-refractivity contribution in [1.82, 2.24) is 15.1 Å². The molecule has 1 amide bonds. The maximum absolute atomic E-state index is 13.9. The minimum absolute atomic E-state index is 0.0940. The second-order valence-corrected chi connectivity index (χ2v) is 7.53. The Morgan fingerprint density at radius 3 is 2.85 bits per heavy atom. The minimum Gasteiger partial charge on any atom is -0.337 e. The van der Waals surface area contributed by atoms with Gasteiger partial charge < -0.3 is 4.90 Å². The van der Waals surface area contributed by atoms with Gasteiger partial charge in [0.05, 0.1) is 16.1 Å². The van der Waals surface area contributed by atoms with E-state index in [1.165, 1.54) is 12.1 Å². The summed E-state index contributed by atoms with van der Waals surface area (Å²) in [4.78, 5) is 28.1. The number of aromatic amines is 1. The molecule has 7 heteroatoms. The summed E-state index contributed by atoms with van der Waals surface area (Å²) >= 11 is 1.56. The van der Waals surface area contributed by atoms with Crippen molar-refractivity contribution >= 4 is 23.0 Å². The number of aromatic nitrogens is 2. The molecule has 0 unspecified atom stereocenters. The van der Waals surface area contributed by atoms with Gasteiger partial charge in [-0.3, -0.25) is 14.7 Å². The fourth-order valence-corrected chi connectivity index (χ4v) is 4.10. The van der Waals surface area contributed by atoms with Gasteiger partial charge in [0.2, 0.25) is 0 Å². The molecule has 1 atom stereocenters. The lowest BCUT2D eigenvalue weighted by atomic mass is 9.89. The van der Waals surface area contributed by atoms with Crippen LogP contribution < -0.4 is 0 Å². The number of carbonyl (C=O) groups excluding carboxylic acids is 2. The summed E-state index contributed by atoms with van der Waals surface area (Å²) in [6.07, 6.45) is 1.36. The van der Waals surface area contributed by atoms with E-state index in [-0.39, 0.29) is 23.8 Å². The normalized spacial score (nSPS) is 17.1. The topological polar surface area (TPSA) is 66.1 Å². The number of nitrogens with one attached hydrogen (secondary N) is 1. The number of ketones is 1. The third kappa shape index (κ3) is 3.55. The molecule has 0 spiro atoms. The van der Waals surface area contributed by atoms with Gasteiger partial charge in [-0.1, -0.05) is 18.2 Å². The third-order valence-corrected chi connectivity index (χ3v) is 5.71. The molecule has 0 bridgehead atoms. The highest BCUT2D eigenvalue weighted by Gasteiger charge is 2.31. The second kappa shape index (κ2) is 7.44. The Morgan fingerprint density at radius 2 is 2.07 bits per heavy atom. The molecule has 5 nitrogen and oxygen atoms in total. The van der Waals surface area contributed by atoms with Gasteiger partial charge in [-0.25, -0.2) is 4.39 Å². The van der Waals surface area contributed by atoms with Crippen LogP contribution in [-0.2, 0) is 0 Å². The van der Waals surface area contributed by atoms with E-state index in [4.69, 9.17) is 0 Å². The first kappa shape index (κ1) is 17.6. The molecule has 1 saturated heterocycles. The Labute approximate surface area is 159 Å². The highest BCUT2D eigenvalue weighted by atomic mass is 32.1. The summed E-state index contributed by atoms with van der Waals surface area (Å²) in [6, 6.07) is 11.6. The molecule has 0 radical (unpaired) electrons. The van der Waals surface area contributed by atoms with Crippen LogP contribution >= 0.6 is 11.3 Å². The van der Waals surface area contributed by atoms with Gasteiger partial charge in [0, 0.05) is 19.0 Å². The van der Waals surface area contributed by atoms with Gasteiger partial charge in [-0.15, -0.1) is 11.3 Å². The Kier molecular flexibility index (Phi) is 4.85. The van der Waals surface area contributed by atoms with Gasteiger partial charge in [-0.2, -0.15) is 5.10 Å². The van der Waals surface area contributed by atoms with Crippen molar-refractivity contribution in [2.75, 3.05) is 13.1 Å². The average Bonchev–Trinajstić information content (AvgIpc) is 3.39. The third-order valence-electron chi connectivity index (χ3n) is 4.80. The predicted octanol–water partition coefficient (Wildman–Crippen LogP) is 4.01. The van der Waals surface area contributed by atoms with Crippen LogP contribution in [0.5, 0.6) is 0 Å². The number of thiophene rings is 1. The number of likely N-dealkylation sites (tertiary alicyclic amines) is 1. The van der Waals surface area contributed by atoms with Crippen LogP contribution in [0, 0.1) is 11.7 Å². The number of piperidine rings is 1. The summed E-state index contributed by atoms with van der Waals surface area (Å²) in [6.45, 7) is 0.855. The van der Waals surface area contributed by atoms with E-state index in [0.717, 1.165) is 10.6 Å². The largest absolute Gasteiger partial charge is 0.337 e. The smallest absolute Gasteiger partial charge is 0.274 e. The van der Waals surface area contributed by atoms with Crippen molar-refractivity contribution in [2.45, 2.75) is 12.8 Å². The molecule has 1 aromatic carbocycles. The van der Waals surface area contributed by atoms with E-state index in [1.807, 2.05) is 17.5 Å². The molecule has 27 heavy (non-hydrogen) atoms. The Hall–Kier alpha value is -2.80. The molecule has 3 heterocycles. The molecule has 0 saturated carbocycles. The maximum atomic E-state index is 13.9. The van der Waals surface area contributed by atoms with Gasteiger partial charge >= 0.3 is 0 Å². The van der Waals surface area contributed by atoms with Gasteiger partial charge in [0.1, 0.15) is 5.82 Å². The highest BCUT2D eigenvalue weighted by Crippen LogP contribution is 2.26. The number of benzene rings is 1. The molecule has 3 aromatic rings. The van der Waals surface area contributed by atoms with Crippen molar-refractivity contribution in [3.05, 3.63) is 64.9 Å². The molecule has 0 aliphatic carbocycles. The average molecular weight is 383 g/mol. The summed E-state index contributed by atoms with van der Waals surface area (Å²) in [7, 11) is 0. The van der Waals surface area contributed by atoms with Gasteiger partial charge in [0.25, 0.3) is 5.91 Å². The van der Waals surface area contributed by atoms with E-state index in [2.05, 4.69) is 10.2 Å². The summed E-state index contributed by atoms with van der Waals surface area (Å²) in [5.74, 6) is -1.36. The van der Waals surface area contributed by atoms with Crippen molar-refractivity contribution in [3.63, 3.8) is 0 Å². The maximum Gasteiger partial charge on any atom is 0.274 e. The molecular weight excluding hydrogens is 365 g/mol. The lowest BCUT2D eigenvalue weighted by molar-refractivity contribution is 0.0631. The first-order valence-electron chi connectivity index (χ1n) is 8.81. The number of hydrogen-bond donors (Lipinski definition) is 1. The second-order valence-electron chi connectivity index (χ2n) is 6.58. The molecular formula is C20H18FN3O2S. The first-order valence-corrected chi connectivity index (χ1v) is 9.69. The molecule has 1 fully saturated rings. The number of nitrogens with zero attached hydrogens (tertiary/aromatic N) is 2. The number of H-pyrrole nitrogens is 1. The lowest BCUT2D eigenvalue weighted by Gasteiger charge is -2.31. The Bertz CT molecular complexity index is 967. The number of Topliss-reactive ketones (excluding diaryl/α,β-unsaturated/α-hetero) is 1. The van der Waals surface area contributed by atoms with Crippen LogP contribution in [0.4, 0.5) is 4.39 Å². The van der Waals surface area contributed by atoms with Crippen LogP contribution in [-0.4, -0.2) is 39.9 Å². The minimum atomic E-state index is -0.515. The van der Waals surface area contributed by atoms with Crippen LogP contribution in [0.3, 0.4) is 0 Å². The summed E-state index contributed by atoms with van der Waals surface area (Å²) in [5.41, 5.74) is 1.22. The van der Waals surface area contributed by atoms with Crippen molar-refractivity contribution in [1.29, 1.82) is 0 Å². The molecule has 2 aromatic heterocycles. The number of carbonyl (C=O) groups is 2. The molecule has 1 aliphatic heterocycles. The number of halogens is 1. The van der Waals surface area contributed by atoms with E-state index in [9.17, 15) is 14.0 Å². The predicted molar refractivity (Wildman–Crippen MR) is 101 cm³/mol. The fourth-order valence-electron chi connectivity index (χ4n) is 3.41. The number of amides is 1. The zero-order valence-electron chi connectivity index (χ0n) is 14.5. The van der Waals surface area contributed by atoms with E-state index < -0.39 is 11.7 Å². The van der Waals surface area contributed by atoms with E-state index in [0.29, 0.717) is 25.1 Å². The Morgan fingerprint density at radius 1 is 1.22 bits per heavy atom. The SMILES string of the molecule is O=C(c1ccccc1F)[C@H]1CCCN(C(=O)c2cc(-c3cccs3)[nH]n2)C1. The zero-order chi connectivity index (χ0) is 18.8. The van der Waals surface area contributed by atoms with Crippen molar-refractivity contribution in [3.8, 4) is 10.6 Å². The van der Waals surface area contributed by atoms with Crippen molar-refractivity contribution < 1.29 is 14.0 Å². The van der Waals surface area contributed by atoms with Gasteiger partial charge in [0.15, 0.2) is 11.5 Å². The quantitative estimate of drug-likeness (QED) is 0.692. The van der Waals surface area contributed by atoms with E-state index in [1.54, 1.807) is 34.4 Å². The molecule has 138 valence electrons. The highest BCUT2D eigenvalue weighted by molar-refractivity contribution is 7.13. The van der Waals surface area contributed by atoms with Crippen LogP contribution in [0.15, 0.2) is 47.8 Å². The summed E-state index contributed by atoms with van der Waals surface area (Å²) in [5, 5.41) is 8.99. The summed E-state index contributed by atoms with van der Waals surface area (Å²) < 4.78 is 13.9. The fraction of sp³-hybridized carbons (Fsp3) is 0.250. The first-order chi connectivity index (χ1) is 13.1. The monoisotopic (exact) mass is 383 g/mol. The number of hydrogen-bond acceptors (Lipinski definition) is 4. The van der Waals surface area contributed by atoms with Crippen LogP contribution in [0.1, 0.15) is 33.7 Å². The number of rotatable bonds is 4. The van der Waals surface area contributed by atoms with Gasteiger partial charge in [-0.05, 0) is 42.5 Å². The van der Waals surface area contributed by atoms with Crippen molar-refractivity contribution in [2.24, 2.45) is 5.92 Å². The van der Waals surface area contributed by atoms with Crippen LogP contribution in [0.25, 0.3) is 10.6 Å². The van der Waals surface area contributed by atoms with E-state index >= 15 is 0 Å². The standard InChI is InChI=1S/C20H18FN3O2S/c21-15-7-2-1-6-14(15)19(25)13-5-3-9-24(12-13)20(26)17-11-16(22-23-17)18-8-4-10-27-18/h1-2,4,6-8,10-11,13H,3,5,9,12H2,(H,22,23)/t13-/m0/s1. The zero-order valence-corrected chi connectivity index (χ0v) is 15.3. The lowest BCUT2D eigenvalue weighted by Crippen LogP contribution is -2.42. The molecule has 4 rings (SSSR count). The molecule has 1 N–H and O–H groups in total. The Balaban J connectivity index is 1.49. The molecule has 1 aliphatic rings.